The van der Waals surface area contributed by atoms with Crippen molar-refractivity contribution < 1.29 is 18.3 Å². The van der Waals surface area contributed by atoms with Crippen LogP contribution in [0.5, 0.6) is 5.75 Å². The number of nitrogens with one attached hydrogen (secondary N) is 1. The molecule has 1 amide bonds. The van der Waals surface area contributed by atoms with Crippen LogP contribution in [-0.2, 0) is 11.3 Å². The van der Waals surface area contributed by atoms with E-state index in [0.29, 0.717) is 16.7 Å². The molecule has 1 heterocycles. The van der Waals surface area contributed by atoms with Gasteiger partial charge in [0, 0.05) is 6.54 Å². The summed E-state index contributed by atoms with van der Waals surface area (Å²) in [4.78, 5) is 23.4. The van der Waals surface area contributed by atoms with Gasteiger partial charge in [0.2, 0.25) is 0 Å². The summed E-state index contributed by atoms with van der Waals surface area (Å²) in [5, 5.41) is 3.28. The lowest BCUT2D eigenvalue weighted by Gasteiger charge is -2.09. The number of carbonyl (C=O) groups excluding carboxylic acids is 1. The zero-order chi connectivity index (χ0) is 16.9. The summed E-state index contributed by atoms with van der Waals surface area (Å²) in [6.45, 7) is 0.0226. The Morgan fingerprint density at radius 2 is 1.88 bits per heavy atom. The molecule has 122 valence electrons. The summed E-state index contributed by atoms with van der Waals surface area (Å²) in [5.41, 5.74) is 0.623. The predicted octanol–water partition coefficient (Wildman–Crippen LogP) is 2.63. The Morgan fingerprint density at radius 3 is 2.67 bits per heavy atom. The van der Waals surface area contributed by atoms with Gasteiger partial charge >= 0.3 is 5.63 Å². The summed E-state index contributed by atoms with van der Waals surface area (Å²) >= 11 is 0. The largest absolute Gasteiger partial charge is 0.483 e. The van der Waals surface area contributed by atoms with Crippen LogP contribution in [0.3, 0.4) is 0 Å². The average molecular weight is 327 g/mol. The Morgan fingerprint density at radius 1 is 1.12 bits per heavy atom. The van der Waals surface area contributed by atoms with Gasteiger partial charge in [-0.1, -0.05) is 24.3 Å². The van der Waals surface area contributed by atoms with Crippen LogP contribution in [0.15, 0.2) is 63.8 Å². The monoisotopic (exact) mass is 327 g/mol. The zero-order valence-electron chi connectivity index (χ0n) is 12.6. The van der Waals surface area contributed by atoms with E-state index < -0.39 is 5.63 Å². The molecule has 0 spiro atoms. The minimum absolute atomic E-state index is 0.241. The standard InChI is InChI=1S/C18H14FNO4/c19-13-7-5-12(6-8-13)10-20-17(21)11-23-16-9-18(22)24-15-4-2-1-3-14(15)16/h1-9H,10-11H2,(H,20,21). The van der Waals surface area contributed by atoms with Crippen molar-refractivity contribution in [2.75, 3.05) is 6.61 Å². The minimum Gasteiger partial charge on any atom is -0.483 e. The fourth-order valence-electron chi connectivity index (χ4n) is 2.20. The summed E-state index contributed by atoms with van der Waals surface area (Å²) in [6, 6.07) is 13.9. The van der Waals surface area contributed by atoms with E-state index in [9.17, 15) is 14.0 Å². The van der Waals surface area contributed by atoms with Gasteiger partial charge in [-0.3, -0.25) is 4.79 Å². The summed E-state index contributed by atoms with van der Waals surface area (Å²) < 4.78 is 23.3. The third-order valence-corrected chi connectivity index (χ3v) is 3.37. The highest BCUT2D eigenvalue weighted by Crippen LogP contribution is 2.22. The van der Waals surface area contributed by atoms with E-state index in [4.69, 9.17) is 9.15 Å². The Labute approximate surface area is 136 Å². The van der Waals surface area contributed by atoms with Crippen molar-refractivity contribution in [3.8, 4) is 5.75 Å². The highest BCUT2D eigenvalue weighted by Gasteiger charge is 2.08. The average Bonchev–Trinajstić information content (AvgIpc) is 2.59. The van der Waals surface area contributed by atoms with E-state index >= 15 is 0 Å². The van der Waals surface area contributed by atoms with Gasteiger partial charge in [0.1, 0.15) is 17.1 Å². The number of benzene rings is 2. The quantitative estimate of drug-likeness (QED) is 0.732. The Kier molecular flexibility index (Phi) is 4.56. The number of hydrogen-bond acceptors (Lipinski definition) is 4. The maximum Gasteiger partial charge on any atom is 0.339 e. The van der Waals surface area contributed by atoms with E-state index in [0.717, 1.165) is 5.56 Å². The smallest absolute Gasteiger partial charge is 0.339 e. The highest BCUT2D eigenvalue weighted by molar-refractivity contribution is 5.84. The Hall–Kier alpha value is -3.15. The molecule has 0 atom stereocenters. The molecule has 2 aromatic carbocycles. The zero-order valence-corrected chi connectivity index (χ0v) is 12.6. The topological polar surface area (TPSA) is 68.5 Å². The molecule has 0 saturated carbocycles. The molecule has 1 N–H and O–H groups in total. The predicted molar refractivity (Wildman–Crippen MR) is 86.2 cm³/mol. The second-order valence-electron chi connectivity index (χ2n) is 5.12. The number of rotatable bonds is 5. The normalized spacial score (nSPS) is 10.5. The van der Waals surface area contributed by atoms with E-state index in [1.807, 2.05) is 0 Å². The summed E-state index contributed by atoms with van der Waals surface area (Å²) in [7, 11) is 0. The van der Waals surface area contributed by atoms with Gasteiger partial charge in [0.15, 0.2) is 6.61 Å². The molecular formula is C18H14FNO4. The lowest BCUT2D eigenvalue weighted by atomic mass is 10.2. The van der Waals surface area contributed by atoms with Crippen molar-refractivity contribution >= 4 is 16.9 Å². The lowest BCUT2D eigenvalue weighted by Crippen LogP contribution is -2.28. The lowest BCUT2D eigenvalue weighted by molar-refractivity contribution is -0.123. The van der Waals surface area contributed by atoms with Crippen LogP contribution >= 0.6 is 0 Å². The molecule has 0 bridgehead atoms. The van der Waals surface area contributed by atoms with Gasteiger partial charge < -0.3 is 14.5 Å². The van der Waals surface area contributed by atoms with Crippen LogP contribution in [0, 0.1) is 5.82 Å². The maximum atomic E-state index is 12.8. The van der Waals surface area contributed by atoms with E-state index in [-0.39, 0.29) is 24.9 Å². The third kappa shape index (κ3) is 3.78. The van der Waals surface area contributed by atoms with Crippen LogP contribution < -0.4 is 15.7 Å². The van der Waals surface area contributed by atoms with E-state index in [2.05, 4.69) is 5.32 Å². The van der Waals surface area contributed by atoms with Crippen LogP contribution in [-0.4, -0.2) is 12.5 Å². The van der Waals surface area contributed by atoms with Crippen molar-refractivity contribution in [2.24, 2.45) is 0 Å². The molecule has 6 heteroatoms. The fraction of sp³-hybridized carbons (Fsp3) is 0.111. The second-order valence-corrected chi connectivity index (χ2v) is 5.12. The van der Waals surface area contributed by atoms with Gasteiger partial charge in [-0.25, -0.2) is 9.18 Å². The molecule has 0 aliphatic rings. The van der Waals surface area contributed by atoms with E-state index in [1.165, 1.54) is 18.2 Å². The summed E-state index contributed by atoms with van der Waals surface area (Å²) in [5.74, 6) is -0.390. The number of halogens is 1. The molecule has 5 nitrogen and oxygen atoms in total. The first-order valence-electron chi connectivity index (χ1n) is 7.29. The highest BCUT2D eigenvalue weighted by atomic mass is 19.1. The van der Waals surface area contributed by atoms with Crippen molar-refractivity contribution in [3.05, 3.63) is 76.4 Å². The number of fused-ring (bicyclic) bond motifs is 1. The molecular weight excluding hydrogens is 313 g/mol. The number of ether oxygens (including phenoxy) is 1. The van der Waals surface area contributed by atoms with Crippen LogP contribution in [0.1, 0.15) is 5.56 Å². The van der Waals surface area contributed by atoms with Crippen LogP contribution in [0.2, 0.25) is 0 Å². The van der Waals surface area contributed by atoms with Crippen molar-refractivity contribution in [2.45, 2.75) is 6.54 Å². The van der Waals surface area contributed by atoms with Crippen molar-refractivity contribution in [3.63, 3.8) is 0 Å². The summed E-state index contributed by atoms with van der Waals surface area (Å²) in [6.07, 6.45) is 0. The third-order valence-electron chi connectivity index (χ3n) is 3.37. The minimum atomic E-state index is -0.546. The molecule has 1 aromatic heterocycles. The first kappa shape index (κ1) is 15.7. The number of hydrogen-bond donors (Lipinski definition) is 1. The number of carbonyl (C=O) groups is 1. The molecule has 0 aliphatic carbocycles. The molecule has 0 unspecified atom stereocenters. The maximum absolute atomic E-state index is 12.8. The fourth-order valence-corrected chi connectivity index (χ4v) is 2.20. The molecule has 0 saturated heterocycles. The van der Waals surface area contributed by atoms with Crippen molar-refractivity contribution in [1.29, 1.82) is 0 Å². The van der Waals surface area contributed by atoms with Crippen molar-refractivity contribution in [1.82, 2.24) is 5.32 Å². The molecule has 0 radical (unpaired) electrons. The van der Waals surface area contributed by atoms with Gasteiger partial charge in [-0.2, -0.15) is 0 Å². The molecule has 0 aliphatic heterocycles. The SMILES string of the molecule is O=C(COc1cc(=O)oc2ccccc12)NCc1ccc(F)cc1. The first-order valence-corrected chi connectivity index (χ1v) is 7.29. The number of para-hydroxylation sites is 1. The van der Waals surface area contributed by atoms with Gasteiger partial charge in [0.05, 0.1) is 11.5 Å². The van der Waals surface area contributed by atoms with E-state index in [1.54, 1.807) is 36.4 Å². The molecule has 24 heavy (non-hydrogen) atoms. The van der Waals surface area contributed by atoms with Gasteiger partial charge in [0.25, 0.3) is 5.91 Å². The molecule has 3 aromatic rings. The van der Waals surface area contributed by atoms with Gasteiger partial charge in [-0.15, -0.1) is 0 Å². The number of amides is 1. The van der Waals surface area contributed by atoms with Crippen LogP contribution in [0.25, 0.3) is 11.0 Å². The Balaban J connectivity index is 1.62. The molecule has 3 rings (SSSR count). The Bertz CT molecular complexity index is 918. The van der Waals surface area contributed by atoms with Crippen LogP contribution in [0.4, 0.5) is 4.39 Å². The molecule has 0 fully saturated rings. The first-order chi connectivity index (χ1) is 11.6. The van der Waals surface area contributed by atoms with Gasteiger partial charge in [-0.05, 0) is 29.8 Å². The second kappa shape index (κ2) is 6.95.